The minimum Gasteiger partial charge on any atom is -0.508 e. The van der Waals surface area contributed by atoms with Crippen LogP contribution >= 0.6 is 11.3 Å². The number of aromatic hydroxyl groups is 1. The fourth-order valence-corrected chi connectivity index (χ4v) is 2.68. The third-order valence-corrected chi connectivity index (χ3v) is 3.11. The predicted octanol–water partition coefficient (Wildman–Crippen LogP) is 2.67. The minimum absolute atomic E-state index is 0.343. The molecule has 0 amide bonds. The van der Waals surface area contributed by atoms with E-state index >= 15 is 0 Å². The lowest BCUT2D eigenvalue weighted by molar-refractivity contribution is 0.406. The van der Waals surface area contributed by atoms with E-state index in [1.54, 1.807) is 17.4 Å². The molecule has 0 radical (unpaired) electrons. The van der Waals surface area contributed by atoms with E-state index in [1.165, 1.54) is 10.3 Å². The summed E-state index contributed by atoms with van der Waals surface area (Å²) in [6.45, 7) is 0.958. The zero-order valence-corrected chi connectivity index (χ0v) is 9.14. The Morgan fingerprint density at radius 2 is 2.07 bits per heavy atom. The zero-order valence-electron chi connectivity index (χ0n) is 8.32. The van der Waals surface area contributed by atoms with E-state index in [0.29, 0.717) is 5.75 Å². The van der Waals surface area contributed by atoms with Gasteiger partial charge in [-0.3, -0.25) is 0 Å². The number of hydrogen-bond donors (Lipinski definition) is 1. The van der Waals surface area contributed by atoms with Gasteiger partial charge in [-0.25, -0.2) is 0 Å². The first-order valence-corrected chi connectivity index (χ1v) is 5.33. The van der Waals surface area contributed by atoms with Crippen LogP contribution in [-0.2, 0) is 6.54 Å². The van der Waals surface area contributed by atoms with Crippen molar-refractivity contribution < 1.29 is 5.11 Å². The molecule has 0 saturated heterocycles. The van der Waals surface area contributed by atoms with Crippen LogP contribution in [0.2, 0.25) is 0 Å². The van der Waals surface area contributed by atoms with Crippen LogP contribution in [0.4, 0.5) is 0 Å². The van der Waals surface area contributed by atoms with Gasteiger partial charge in [0.15, 0.2) is 0 Å². The number of benzene rings is 1. The molecule has 0 unspecified atom stereocenters. The second-order valence-electron chi connectivity index (χ2n) is 3.67. The van der Waals surface area contributed by atoms with E-state index in [4.69, 9.17) is 0 Å². The summed E-state index contributed by atoms with van der Waals surface area (Å²) < 4.78 is 1.15. The van der Waals surface area contributed by atoms with Crippen LogP contribution in [0.3, 0.4) is 0 Å². The fourth-order valence-electron chi connectivity index (χ4n) is 1.46. The van der Waals surface area contributed by atoms with Gasteiger partial charge in [0.05, 0.1) is 0 Å². The van der Waals surface area contributed by atoms with Crippen LogP contribution in [0.15, 0.2) is 24.3 Å². The van der Waals surface area contributed by atoms with E-state index in [-0.39, 0.29) is 0 Å². The second-order valence-corrected chi connectivity index (χ2v) is 4.84. The monoisotopic (exact) mass is 207 g/mol. The van der Waals surface area contributed by atoms with Crippen molar-refractivity contribution in [2.45, 2.75) is 6.54 Å². The molecule has 2 nitrogen and oxygen atoms in total. The summed E-state index contributed by atoms with van der Waals surface area (Å²) in [6, 6.07) is 7.69. The summed E-state index contributed by atoms with van der Waals surface area (Å²) >= 11 is 1.74. The van der Waals surface area contributed by atoms with Crippen molar-refractivity contribution in [2.24, 2.45) is 0 Å². The Labute approximate surface area is 87.4 Å². The van der Waals surface area contributed by atoms with E-state index < -0.39 is 0 Å². The Balaban J connectivity index is 2.41. The van der Waals surface area contributed by atoms with Crippen molar-refractivity contribution in [2.75, 3.05) is 14.1 Å². The van der Waals surface area contributed by atoms with Crippen molar-refractivity contribution >= 4 is 21.4 Å². The molecule has 3 heteroatoms. The molecule has 0 bridgehead atoms. The Morgan fingerprint density at radius 1 is 1.29 bits per heavy atom. The molecule has 0 saturated carbocycles. The minimum atomic E-state index is 0.343. The van der Waals surface area contributed by atoms with Gasteiger partial charge in [0.25, 0.3) is 0 Å². The molecule has 1 aromatic carbocycles. The average Bonchev–Trinajstić information content (AvgIpc) is 2.44. The van der Waals surface area contributed by atoms with E-state index in [1.807, 2.05) is 12.1 Å². The quantitative estimate of drug-likeness (QED) is 0.818. The molecule has 1 heterocycles. The number of nitrogens with zero attached hydrogens (tertiary/aromatic N) is 1. The largest absolute Gasteiger partial charge is 0.508 e. The summed E-state index contributed by atoms with van der Waals surface area (Å²) in [5.41, 5.74) is 0. The Kier molecular flexibility index (Phi) is 2.44. The predicted molar refractivity (Wildman–Crippen MR) is 60.9 cm³/mol. The molecule has 0 atom stereocenters. The maximum absolute atomic E-state index is 9.32. The maximum Gasteiger partial charge on any atom is 0.117 e. The third-order valence-electron chi connectivity index (χ3n) is 2.03. The number of phenols is 1. The van der Waals surface area contributed by atoms with Crippen molar-refractivity contribution in [1.29, 1.82) is 0 Å². The Morgan fingerprint density at radius 3 is 2.79 bits per heavy atom. The standard InChI is InChI=1S/C11H13NOS/c1-12(2)7-10-5-8-3-4-9(13)6-11(8)14-10/h3-6,13H,7H2,1-2H3. The van der Waals surface area contributed by atoms with Gasteiger partial charge in [0.2, 0.25) is 0 Å². The lowest BCUT2D eigenvalue weighted by Gasteiger charge is -2.05. The van der Waals surface area contributed by atoms with E-state index in [0.717, 1.165) is 11.2 Å². The van der Waals surface area contributed by atoms with Gasteiger partial charge in [-0.2, -0.15) is 0 Å². The molecule has 2 rings (SSSR count). The fraction of sp³-hybridized carbons (Fsp3) is 0.273. The van der Waals surface area contributed by atoms with Crippen molar-refractivity contribution in [3.8, 4) is 5.75 Å². The Hall–Kier alpha value is -1.06. The van der Waals surface area contributed by atoms with Gasteiger partial charge in [-0.05, 0) is 43.7 Å². The van der Waals surface area contributed by atoms with Gasteiger partial charge >= 0.3 is 0 Å². The van der Waals surface area contributed by atoms with Crippen molar-refractivity contribution in [1.82, 2.24) is 4.90 Å². The van der Waals surface area contributed by atoms with Crippen LogP contribution in [0, 0.1) is 0 Å². The SMILES string of the molecule is CN(C)Cc1cc2ccc(O)cc2s1. The molecule has 1 N–H and O–H groups in total. The number of rotatable bonds is 2. The molecular formula is C11H13NOS. The highest BCUT2D eigenvalue weighted by molar-refractivity contribution is 7.19. The highest BCUT2D eigenvalue weighted by Crippen LogP contribution is 2.28. The van der Waals surface area contributed by atoms with Crippen LogP contribution < -0.4 is 0 Å². The van der Waals surface area contributed by atoms with Gasteiger partial charge in [-0.1, -0.05) is 0 Å². The first kappa shape index (κ1) is 9.49. The summed E-state index contributed by atoms with van der Waals surface area (Å²) in [5, 5.41) is 10.5. The van der Waals surface area contributed by atoms with Gasteiger partial charge in [0, 0.05) is 16.1 Å². The number of fused-ring (bicyclic) bond motifs is 1. The van der Waals surface area contributed by atoms with Gasteiger partial charge in [0.1, 0.15) is 5.75 Å². The lowest BCUT2D eigenvalue weighted by atomic mass is 10.2. The summed E-state index contributed by atoms with van der Waals surface area (Å²) in [4.78, 5) is 3.47. The number of phenolic OH excluding ortho intramolecular Hbond substituents is 1. The average molecular weight is 207 g/mol. The maximum atomic E-state index is 9.32. The van der Waals surface area contributed by atoms with Crippen molar-refractivity contribution in [3.63, 3.8) is 0 Å². The topological polar surface area (TPSA) is 23.5 Å². The first-order chi connectivity index (χ1) is 6.65. The summed E-state index contributed by atoms with van der Waals surface area (Å²) in [7, 11) is 4.11. The third kappa shape index (κ3) is 1.89. The molecule has 14 heavy (non-hydrogen) atoms. The van der Waals surface area contributed by atoms with Gasteiger partial charge < -0.3 is 10.0 Å². The normalized spacial score (nSPS) is 11.4. The van der Waals surface area contributed by atoms with Crippen LogP contribution in [0.5, 0.6) is 5.75 Å². The molecule has 0 aliphatic carbocycles. The molecule has 0 aliphatic rings. The highest BCUT2D eigenvalue weighted by Gasteiger charge is 2.03. The molecule has 0 spiro atoms. The molecule has 0 fully saturated rings. The van der Waals surface area contributed by atoms with E-state index in [2.05, 4.69) is 25.1 Å². The summed E-state index contributed by atoms with van der Waals surface area (Å²) in [6.07, 6.45) is 0. The summed E-state index contributed by atoms with van der Waals surface area (Å²) in [5.74, 6) is 0.343. The van der Waals surface area contributed by atoms with Crippen LogP contribution in [0.25, 0.3) is 10.1 Å². The van der Waals surface area contributed by atoms with Crippen molar-refractivity contribution in [3.05, 3.63) is 29.1 Å². The second kappa shape index (κ2) is 3.59. The number of thiophene rings is 1. The molecule has 0 aliphatic heterocycles. The number of hydrogen-bond acceptors (Lipinski definition) is 3. The van der Waals surface area contributed by atoms with E-state index in [9.17, 15) is 5.11 Å². The Bertz CT molecular complexity index is 447. The smallest absolute Gasteiger partial charge is 0.117 e. The lowest BCUT2D eigenvalue weighted by Crippen LogP contribution is -2.09. The molecule has 2 aromatic rings. The highest BCUT2D eigenvalue weighted by atomic mass is 32.1. The van der Waals surface area contributed by atoms with Crippen LogP contribution in [0.1, 0.15) is 4.88 Å². The van der Waals surface area contributed by atoms with Crippen LogP contribution in [-0.4, -0.2) is 24.1 Å². The molecular weight excluding hydrogens is 194 g/mol. The van der Waals surface area contributed by atoms with Gasteiger partial charge in [-0.15, -0.1) is 11.3 Å². The first-order valence-electron chi connectivity index (χ1n) is 4.51. The molecule has 74 valence electrons. The zero-order chi connectivity index (χ0) is 10.1. The molecule has 1 aromatic heterocycles.